The van der Waals surface area contributed by atoms with Crippen LogP contribution in [0.1, 0.15) is 43.0 Å². The molecule has 2 aromatic rings. The van der Waals surface area contributed by atoms with E-state index in [1.807, 2.05) is 28.8 Å². The molecule has 0 bridgehead atoms. The van der Waals surface area contributed by atoms with E-state index >= 15 is 0 Å². The van der Waals surface area contributed by atoms with Gasteiger partial charge in [-0.3, -0.25) is 14.6 Å². The van der Waals surface area contributed by atoms with E-state index in [1.165, 1.54) is 0 Å². The molecule has 22 heavy (non-hydrogen) atoms. The molecule has 1 unspecified atom stereocenters. The molecule has 0 radical (unpaired) electrons. The van der Waals surface area contributed by atoms with Gasteiger partial charge in [0.1, 0.15) is 0 Å². The first-order valence-electron chi connectivity index (χ1n) is 7.99. The predicted octanol–water partition coefficient (Wildman–Crippen LogP) is 2.10. The molecule has 0 aromatic carbocycles. The Morgan fingerprint density at radius 2 is 2.41 bits per heavy atom. The topological polar surface area (TPSA) is 66.8 Å². The van der Waals surface area contributed by atoms with E-state index in [0.717, 1.165) is 50.3 Å². The molecule has 0 spiro atoms. The number of hydrogen-bond acceptors (Lipinski definition) is 3. The van der Waals surface area contributed by atoms with Crippen molar-refractivity contribution in [3.05, 3.63) is 35.9 Å². The Bertz CT molecular complexity index is 604. The van der Waals surface area contributed by atoms with Crippen LogP contribution < -0.4 is 0 Å². The Kier molecular flexibility index (Phi) is 4.56. The maximum Gasteiger partial charge on any atom is 0.222 e. The average molecular weight is 301 g/mol. The minimum atomic E-state index is 0.254. The molecule has 3 rings (SSSR count). The van der Waals surface area contributed by atoms with Crippen molar-refractivity contribution in [3.63, 3.8) is 0 Å². The third-order valence-corrected chi connectivity index (χ3v) is 4.26. The largest absolute Gasteiger partial charge is 0.342 e. The third-order valence-electron chi connectivity index (χ3n) is 4.26. The second kappa shape index (κ2) is 6.77. The van der Waals surface area contributed by atoms with E-state index in [9.17, 15) is 4.79 Å². The quantitative estimate of drug-likeness (QED) is 0.919. The highest BCUT2D eigenvalue weighted by Gasteiger charge is 2.25. The minimum absolute atomic E-state index is 0.254. The molecule has 118 valence electrons. The molecule has 1 aliphatic heterocycles. The van der Waals surface area contributed by atoms with Crippen molar-refractivity contribution in [1.82, 2.24) is 24.9 Å². The van der Waals surface area contributed by atoms with Crippen LogP contribution in [0.3, 0.4) is 0 Å². The zero-order valence-corrected chi connectivity index (χ0v) is 13.0. The molecule has 1 aliphatic rings. The number of aromatic amines is 1. The van der Waals surface area contributed by atoms with Crippen LogP contribution in [0, 0.1) is 6.92 Å². The number of hydrogen-bond donors (Lipinski definition) is 1. The highest BCUT2D eigenvalue weighted by Crippen LogP contribution is 2.26. The lowest BCUT2D eigenvalue weighted by Gasteiger charge is -2.32. The molecule has 2 aromatic heterocycles. The molecule has 1 fully saturated rings. The first kappa shape index (κ1) is 14.8. The first-order valence-corrected chi connectivity index (χ1v) is 7.99. The van der Waals surface area contributed by atoms with Gasteiger partial charge in [-0.2, -0.15) is 10.2 Å². The molecule has 1 saturated heterocycles. The second-order valence-corrected chi connectivity index (χ2v) is 6.03. The fraction of sp³-hybridized carbons (Fsp3) is 0.562. The van der Waals surface area contributed by atoms with Gasteiger partial charge in [-0.25, -0.2) is 0 Å². The summed E-state index contributed by atoms with van der Waals surface area (Å²) in [5.74, 6) is 0.623. The number of carbonyl (C=O) groups excluding carboxylic acids is 1. The normalized spacial score (nSPS) is 18.6. The lowest BCUT2D eigenvalue weighted by molar-refractivity contribution is -0.132. The van der Waals surface area contributed by atoms with Crippen LogP contribution in [-0.2, 0) is 11.3 Å². The van der Waals surface area contributed by atoms with Gasteiger partial charge in [0.15, 0.2) is 0 Å². The standard InChI is InChI=1S/C16H23N5O/c1-13-11-15(19-18-13)14-5-2-8-20(12-14)16(22)6-3-9-21-10-4-7-17-21/h4,7,10-11,14H,2-3,5-6,8-9,12H2,1H3,(H,18,19). The highest BCUT2D eigenvalue weighted by molar-refractivity contribution is 5.76. The first-order chi connectivity index (χ1) is 10.7. The van der Waals surface area contributed by atoms with Crippen molar-refractivity contribution in [3.8, 4) is 0 Å². The number of aromatic nitrogens is 4. The number of amides is 1. The fourth-order valence-electron chi connectivity index (χ4n) is 3.08. The van der Waals surface area contributed by atoms with E-state index in [0.29, 0.717) is 12.3 Å². The fourth-order valence-corrected chi connectivity index (χ4v) is 3.08. The van der Waals surface area contributed by atoms with Crippen LogP contribution in [0.15, 0.2) is 24.5 Å². The van der Waals surface area contributed by atoms with Crippen molar-refractivity contribution in [2.45, 2.75) is 45.1 Å². The highest BCUT2D eigenvalue weighted by atomic mass is 16.2. The zero-order chi connectivity index (χ0) is 15.4. The second-order valence-electron chi connectivity index (χ2n) is 6.03. The van der Waals surface area contributed by atoms with Gasteiger partial charge in [0, 0.05) is 50.1 Å². The number of carbonyl (C=O) groups is 1. The van der Waals surface area contributed by atoms with Crippen LogP contribution in [-0.4, -0.2) is 43.9 Å². The van der Waals surface area contributed by atoms with Crippen LogP contribution in [0.4, 0.5) is 0 Å². The summed E-state index contributed by atoms with van der Waals surface area (Å²) in [6.07, 6.45) is 7.29. The van der Waals surface area contributed by atoms with Gasteiger partial charge in [-0.1, -0.05) is 0 Å². The maximum atomic E-state index is 12.4. The van der Waals surface area contributed by atoms with Crippen LogP contribution in [0.5, 0.6) is 0 Å². The lowest BCUT2D eigenvalue weighted by Crippen LogP contribution is -2.39. The van der Waals surface area contributed by atoms with Gasteiger partial charge >= 0.3 is 0 Å². The van der Waals surface area contributed by atoms with Crippen LogP contribution >= 0.6 is 0 Å². The molecule has 1 atom stereocenters. The average Bonchev–Trinajstić information content (AvgIpc) is 3.19. The number of likely N-dealkylation sites (tertiary alicyclic amines) is 1. The number of aryl methyl sites for hydroxylation is 2. The molecular formula is C16H23N5O. The summed E-state index contributed by atoms with van der Waals surface area (Å²) in [5, 5.41) is 11.5. The van der Waals surface area contributed by atoms with E-state index in [2.05, 4.69) is 21.4 Å². The summed E-state index contributed by atoms with van der Waals surface area (Å²) < 4.78 is 1.87. The van der Waals surface area contributed by atoms with E-state index in [4.69, 9.17) is 0 Å². The zero-order valence-electron chi connectivity index (χ0n) is 13.0. The SMILES string of the molecule is Cc1cc(C2CCCN(C(=O)CCCn3cccn3)C2)n[nH]1. The van der Waals surface area contributed by atoms with Crippen molar-refractivity contribution in [1.29, 1.82) is 0 Å². The van der Waals surface area contributed by atoms with Gasteiger partial charge in [-0.05, 0) is 38.3 Å². The molecule has 6 nitrogen and oxygen atoms in total. The Labute approximate surface area is 130 Å². The van der Waals surface area contributed by atoms with Gasteiger partial charge in [0.05, 0.1) is 5.69 Å². The Morgan fingerprint density at radius 1 is 1.50 bits per heavy atom. The van der Waals surface area contributed by atoms with Crippen molar-refractivity contribution in [2.24, 2.45) is 0 Å². The van der Waals surface area contributed by atoms with E-state index < -0.39 is 0 Å². The third kappa shape index (κ3) is 3.55. The Morgan fingerprint density at radius 3 is 3.14 bits per heavy atom. The van der Waals surface area contributed by atoms with Crippen molar-refractivity contribution < 1.29 is 4.79 Å². The molecule has 6 heteroatoms. The number of rotatable bonds is 5. The maximum absolute atomic E-state index is 12.4. The molecule has 0 aliphatic carbocycles. The van der Waals surface area contributed by atoms with Crippen molar-refractivity contribution in [2.75, 3.05) is 13.1 Å². The number of piperidine rings is 1. The summed E-state index contributed by atoms with van der Waals surface area (Å²) in [5.41, 5.74) is 2.17. The van der Waals surface area contributed by atoms with Gasteiger partial charge in [-0.15, -0.1) is 0 Å². The molecule has 1 amide bonds. The minimum Gasteiger partial charge on any atom is -0.342 e. The molecule has 0 saturated carbocycles. The summed E-state index contributed by atoms with van der Waals surface area (Å²) in [4.78, 5) is 14.4. The molecule has 1 N–H and O–H groups in total. The van der Waals surface area contributed by atoms with Gasteiger partial charge in [0.2, 0.25) is 5.91 Å². The van der Waals surface area contributed by atoms with Crippen LogP contribution in [0.25, 0.3) is 0 Å². The van der Waals surface area contributed by atoms with Gasteiger partial charge < -0.3 is 4.90 Å². The monoisotopic (exact) mass is 301 g/mol. The Balaban J connectivity index is 1.49. The summed E-state index contributed by atoms with van der Waals surface area (Å²) >= 11 is 0. The number of H-pyrrole nitrogens is 1. The lowest BCUT2D eigenvalue weighted by atomic mass is 9.94. The Hall–Kier alpha value is -2.11. The van der Waals surface area contributed by atoms with Crippen molar-refractivity contribution >= 4 is 5.91 Å². The smallest absolute Gasteiger partial charge is 0.222 e. The number of nitrogens with zero attached hydrogens (tertiary/aromatic N) is 4. The summed E-state index contributed by atoms with van der Waals surface area (Å²) in [7, 11) is 0. The summed E-state index contributed by atoms with van der Waals surface area (Å²) in [6.45, 7) is 4.48. The van der Waals surface area contributed by atoms with E-state index in [-0.39, 0.29) is 5.91 Å². The summed E-state index contributed by atoms with van der Waals surface area (Å²) in [6, 6.07) is 4.00. The van der Waals surface area contributed by atoms with E-state index in [1.54, 1.807) is 6.20 Å². The number of nitrogens with one attached hydrogen (secondary N) is 1. The van der Waals surface area contributed by atoms with Crippen LogP contribution in [0.2, 0.25) is 0 Å². The molecule has 3 heterocycles. The van der Waals surface area contributed by atoms with Gasteiger partial charge in [0.25, 0.3) is 0 Å². The molecular weight excluding hydrogens is 278 g/mol. The predicted molar refractivity (Wildman–Crippen MR) is 83.3 cm³/mol.